The van der Waals surface area contributed by atoms with Crippen LogP contribution in [-0.2, 0) is 6.54 Å². The van der Waals surface area contributed by atoms with Crippen molar-refractivity contribution in [1.29, 1.82) is 0 Å². The Morgan fingerprint density at radius 1 is 1.06 bits per heavy atom. The minimum absolute atomic E-state index is 0.802. The van der Waals surface area contributed by atoms with Crippen LogP contribution >= 0.6 is 0 Å². The molecule has 1 aromatic carbocycles. The Morgan fingerprint density at radius 3 is 3.00 bits per heavy atom. The van der Waals surface area contributed by atoms with Gasteiger partial charge in [-0.3, -0.25) is 4.90 Å². The van der Waals surface area contributed by atoms with Crippen LogP contribution in [0.15, 0.2) is 36.4 Å². The second-order valence-corrected chi connectivity index (χ2v) is 5.18. The Labute approximate surface area is 101 Å². The zero-order valence-electron chi connectivity index (χ0n) is 9.97. The lowest BCUT2D eigenvalue weighted by atomic mass is 10.1. The van der Waals surface area contributed by atoms with Gasteiger partial charge in [0, 0.05) is 17.9 Å². The molecule has 17 heavy (non-hydrogen) atoms. The Bertz CT molecular complexity index is 576. The first kappa shape index (κ1) is 9.46. The van der Waals surface area contributed by atoms with Crippen molar-refractivity contribution >= 4 is 16.7 Å². The first-order valence-corrected chi connectivity index (χ1v) is 6.62. The molecule has 0 N–H and O–H groups in total. The summed E-state index contributed by atoms with van der Waals surface area (Å²) in [4.78, 5) is 2.61. The van der Waals surface area contributed by atoms with Gasteiger partial charge >= 0.3 is 0 Å². The van der Waals surface area contributed by atoms with Gasteiger partial charge in [0.2, 0.25) is 0 Å². The molecule has 2 aromatic rings. The Kier molecular flexibility index (Phi) is 1.92. The maximum Gasteiger partial charge on any atom is 0.277 e. The van der Waals surface area contributed by atoms with Crippen molar-refractivity contribution in [1.82, 2.24) is 0 Å². The number of rotatable bonds is 0. The molecular weight excluding hydrogens is 208 g/mol. The van der Waals surface area contributed by atoms with E-state index in [0.29, 0.717) is 0 Å². The molecule has 1 unspecified atom stereocenters. The number of hydrogen-bond acceptors (Lipinski definition) is 1. The number of aromatic nitrogens is 1. The van der Waals surface area contributed by atoms with Gasteiger partial charge in [0.1, 0.15) is 5.52 Å². The predicted molar refractivity (Wildman–Crippen MR) is 69.1 cm³/mol. The van der Waals surface area contributed by atoms with Gasteiger partial charge in [-0.2, -0.15) is 0 Å². The number of nitrogens with zero attached hydrogens (tertiary/aromatic N) is 2. The van der Waals surface area contributed by atoms with Crippen molar-refractivity contribution in [3.63, 3.8) is 0 Å². The molecule has 2 aliphatic heterocycles. The van der Waals surface area contributed by atoms with E-state index in [1.165, 1.54) is 49.1 Å². The molecule has 2 heteroatoms. The van der Waals surface area contributed by atoms with Crippen LogP contribution in [0.25, 0.3) is 10.9 Å². The molecule has 0 saturated carbocycles. The SMILES string of the molecule is c1ccc2c(c1)ccc1[n+]2CCC2CCCN12. The van der Waals surface area contributed by atoms with Crippen LogP contribution in [0.1, 0.15) is 19.3 Å². The van der Waals surface area contributed by atoms with Crippen LogP contribution < -0.4 is 9.47 Å². The van der Waals surface area contributed by atoms with Crippen molar-refractivity contribution in [2.75, 3.05) is 11.4 Å². The summed E-state index contributed by atoms with van der Waals surface area (Å²) in [7, 11) is 0. The Morgan fingerprint density at radius 2 is 2.00 bits per heavy atom. The molecule has 0 amide bonds. The molecular formula is C15H17N2+. The molecule has 4 rings (SSSR count). The quantitative estimate of drug-likeness (QED) is 0.625. The monoisotopic (exact) mass is 225 g/mol. The lowest BCUT2D eigenvalue weighted by molar-refractivity contribution is -0.664. The average Bonchev–Trinajstić information content (AvgIpc) is 2.86. The number of fused-ring (bicyclic) bond motifs is 5. The van der Waals surface area contributed by atoms with Crippen molar-refractivity contribution < 1.29 is 4.57 Å². The van der Waals surface area contributed by atoms with Gasteiger partial charge in [-0.15, -0.1) is 0 Å². The Balaban J connectivity index is 1.97. The number of anilines is 1. The summed E-state index contributed by atoms with van der Waals surface area (Å²) in [6.07, 6.45) is 4.05. The van der Waals surface area contributed by atoms with Crippen LogP contribution in [0.4, 0.5) is 5.82 Å². The Hall–Kier alpha value is -1.57. The zero-order valence-corrected chi connectivity index (χ0v) is 9.97. The minimum Gasteiger partial charge on any atom is -0.259 e. The van der Waals surface area contributed by atoms with Gasteiger partial charge in [0.05, 0.1) is 19.1 Å². The second-order valence-electron chi connectivity index (χ2n) is 5.18. The minimum atomic E-state index is 0.802. The summed E-state index contributed by atoms with van der Waals surface area (Å²) in [5.41, 5.74) is 1.38. The molecule has 1 fully saturated rings. The third-order valence-electron chi connectivity index (χ3n) is 4.27. The van der Waals surface area contributed by atoms with Crippen LogP contribution in [0.3, 0.4) is 0 Å². The fourth-order valence-corrected chi connectivity index (χ4v) is 3.45. The highest BCUT2D eigenvalue weighted by Crippen LogP contribution is 2.29. The van der Waals surface area contributed by atoms with E-state index in [4.69, 9.17) is 0 Å². The van der Waals surface area contributed by atoms with E-state index in [0.717, 1.165) is 6.04 Å². The van der Waals surface area contributed by atoms with Gasteiger partial charge in [0.15, 0.2) is 0 Å². The van der Waals surface area contributed by atoms with Crippen LogP contribution in [-0.4, -0.2) is 12.6 Å². The van der Waals surface area contributed by atoms with Gasteiger partial charge in [-0.1, -0.05) is 18.2 Å². The van der Waals surface area contributed by atoms with Crippen LogP contribution in [0, 0.1) is 0 Å². The van der Waals surface area contributed by atoms with E-state index in [1.54, 1.807) is 0 Å². The highest BCUT2D eigenvalue weighted by Gasteiger charge is 2.37. The third-order valence-corrected chi connectivity index (χ3v) is 4.27. The maximum atomic E-state index is 2.61. The first-order chi connectivity index (χ1) is 8.43. The normalized spacial score (nSPS) is 22.6. The molecule has 0 bridgehead atoms. The smallest absolute Gasteiger partial charge is 0.259 e. The van der Waals surface area contributed by atoms with E-state index in [1.807, 2.05) is 0 Å². The highest BCUT2D eigenvalue weighted by atomic mass is 15.3. The molecule has 1 saturated heterocycles. The standard InChI is InChI=1S/C15H17N2/c1-2-6-14-12(4-1)7-8-15-16-10-3-5-13(16)9-11-17(14)15/h1-2,4,6-8,13H,3,5,9-11H2/q+1. The fraction of sp³-hybridized carbons (Fsp3) is 0.400. The summed E-state index contributed by atoms with van der Waals surface area (Å²) in [5, 5.41) is 1.36. The topological polar surface area (TPSA) is 7.12 Å². The predicted octanol–water partition coefficient (Wildman–Crippen LogP) is 2.50. The van der Waals surface area contributed by atoms with Crippen LogP contribution in [0.5, 0.6) is 0 Å². The molecule has 3 heterocycles. The molecule has 0 spiro atoms. The molecule has 1 aromatic heterocycles. The van der Waals surface area contributed by atoms with Gasteiger partial charge in [-0.25, -0.2) is 4.57 Å². The fourth-order valence-electron chi connectivity index (χ4n) is 3.45. The largest absolute Gasteiger partial charge is 0.277 e. The molecule has 0 aliphatic carbocycles. The van der Waals surface area contributed by atoms with E-state index in [9.17, 15) is 0 Å². The molecule has 86 valence electrons. The molecule has 2 nitrogen and oxygen atoms in total. The number of benzene rings is 1. The summed E-state index contributed by atoms with van der Waals surface area (Å²) in [6.45, 7) is 2.42. The summed E-state index contributed by atoms with van der Waals surface area (Å²) in [5.74, 6) is 1.43. The number of hydrogen-bond donors (Lipinski definition) is 0. The molecule has 2 aliphatic rings. The summed E-state index contributed by atoms with van der Waals surface area (Å²) >= 11 is 0. The van der Waals surface area contributed by atoms with Gasteiger partial charge in [-0.05, 0) is 25.0 Å². The number of aryl methyl sites for hydroxylation is 1. The highest BCUT2D eigenvalue weighted by molar-refractivity contribution is 5.76. The van der Waals surface area contributed by atoms with E-state index in [-0.39, 0.29) is 0 Å². The average molecular weight is 225 g/mol. The van der Waals surface area contributed by atoms with Gasteiger partial charge < -0.3 is 0 Å². The number of para-hydroxylation sites is 1. The second kappa shape index (κ2) is 3.46. The van der Waals surface area contributed by atoms with Crippen molar-refractivity contribution in [2.24, 2.45) is 0 Å². The van der Waals surface area contributed by atoms with Crippen LogP contribution in [0.2, 0.25) is 0 Å². The summed E-state index contributed by atoms with van der Waals surface area (Å²) in [6, 6.07) is 14.1. The first-order valence-electron chi connectivity index (χ1n) is 6.62. The molecule has 0 radical (unpaired) electrons. The zero-order chi connectivity index (χ0) is 11.2. The van der Waals surface area contributed by atoms with Crippen molar-refractivity contribution in [3.8, 4) is 0 Å². The number of pyridine rings is 1. The lowest BCUT2D eigenvalue weighted by Crippen LogP contribution is -2.50. The van der Waals surface area contributed by atoms with E-state index >= 15 is 0 Å². The van der Waals surface area contributed by atoms with Crippen molar-refractivity contribution in [3.05, 3.63) is 36.4 Å². The van der Waals surface area contributed by atoms with Gasteiger partial charge in [0.25, 0.3) is 5.82 Å². The lowest BCUT2D eigenvalue weighted by Gasteiger charge is -2.27. The summed E-state index contributed by atoms with van der Waals surface area (Å²) < 4.78 is 2.50. The maximum absolute atomic E-state index is 2.61. The van der Waals surface area contributed by atoms with Crippen molar-refractivity contribution in [2.45, 2.75) is 31.8 Å². The van der Waals surface area contributed by atoms with E-state index in [2.05, 4.69) is 45.9 Å². The van der Waals surface area contributed by atoms with E-state index < -0.39 is 0 Å². The molecule has 1 atom stereocenters. The third kappa shape index (κ3) is 1.30.